The molecular formula is C13H20O6. The molecule has 0 aromatic heterocycles. The molecule has 0 heterocycles. The summed E-state index contributed by atoms with van der Waals surface area (Å²) in [6, 6.07) is 0. The summed E-state index contributed by atoms with van der Waals surface area (Å²) in [6.45, 7) is 3.96. The molecule has 0 bridgehead atoms. The predicted molar refractivity (Wildman–Crippen MR) is 66.0 cm³/mol. The van der Waals surface area contributed by atoms with Crippen molar-refractivity contribution in [1.29, 1.82) is 0 Å². The summed E-state index contributed by atoms with van der Waals surface area (Å²) in [5.41, 5.74) is 0. The van der Waals surface area contributed by atoms with Crippen molar-refractivity contribution >= 4 is 23.5 Å². The average Bonchev–Trinajstić information content (AvgIpc) is 2.27. The number of Topliss-reactive ketones (excluding diaryl/α,β-unsaturated/α-hetero) is 2. The molecule has 108 valence electrons. The molecule has 0 amide bonds. The summed E-state index contributed by atoms with van der Waals surface area (Å²) in [4.78, 5) is 44.5. The Morgan fingerprint density at radius 3 is 2.16 bits per heavy atom. The van der Waals surface area contributed by atoms with E-state index in [1.165, 1.54) is 13.8 Å². The Kier molecular flexibility index (Phi) is 8.41. The number of rotatable bonds is 9. The van der Waals surface area contributed by atoms with Crippen LogP contribution in [0.4, 0.5) is 0 Å². The van der Waals surface area contributed by atoms with Crippen molar-refractivity contribution in [3.05, 3.63) is 0 Å². The maximum absolute atomic E-state index is 11.6. The van der Waals surface area contributed by atoms with Crippen LogP contribution >= 0.6 is 0 Å². The van der Waals surface area contributed by atoms with Crippen molar-refractivity contribution in [3.8, 4) is 0 Å². The topological polar surface area (TPSA) is 86.7 Å². The lowest BCUT2D eigenvalue weighted by Crippen LogP contribution is -2.26. The lowest BCUT2D eigenvalue weighted by Gasteiger charge is -2.12. The van der Waals surface area contributed by atoms with Gasteiger partial charge in [0, 0.05) is 0 Å². The van der Waals surface area contributed by atoms with Crippen molar-refractivity contribution in [2.24, 2.45) is 5.92 Å². The molecule has 0 rings (SSSR count). The minimum Gasteiger partial charge on any atom is -0.428 e. The van der Waals surface area contributed by atoms with Gasteiger partial charge in [-0.15, -0.1) is 0 Å². The fraction of sp³-hybridized carbons (Fsp3) is 0.692. The molecule has 1 atom stereocenters. The second-order valence-corrected chi connectivity index (χ2v) is 4.28. The van der Waals surface area contributed by atoms with Gasteiger partial charge >= 0.3 is 11.9 Å². The fourth-order valence-electron chi connectivity index (χ4n) is 1.40. The van der Waals surface area contributed by atoms with E-state index in [0.717, 1.165) is 12.8 Å². The fourth-order valence-corrected chi connectivity index (χ4v) is 1.40. The van der Waals surface area contributed by atoms with Crippen molar-refractivity contribution < 1.29 is 28.7 Å². The van der Waals surface area contributed by atoms with E-state index in [1.807, 2.05) is 6.92 Å². The number of unbranched alkanes of at least 4 members (excludes halogenated alkanes) is 1. The molecule has 0 saturated carbocycles. The number of carbonyl (C=O) groups is 4. The van der Waals surface area contributed by atoms with Gasteiger partial charge in [-0.1, -0.05) is 19.8 Å². The molecule has 0 aliphatic carbocycles. The molecule has 6 heteroatoms. The van der Waals surface area contributed by atoms with Crippen LogP contribution in [0.15, 0.2) is 0 Å². The maximum atomic E-state index is 11.6. The molecule has 0 fully saturated rings. The Bertz CT molecular complexity index is 347. The second-order valence-electron chi connectivity index (χ2n) is 4.28. The third-order valence-corrected chi connectivity index (χ3v) is 2.44. The smallest absolute Gasteiger partial charge is 0.319 e. The molecule has 0 saturated heterocycles. The third kappa shape index (κ3) is 8.07. The Morgan fingerprint density at radius 1 is 1.05 bits per heavy atom. The number of hydrogen-bond acceptors (Lipinski definition) is 6. The first kappa shape index (κ1) is 17.3. The standard InChI is InChI=1S/C13H20O6/c1-4-5-6-11(10(3)15)13(17)19-8-18-12(16)7-9(2)14/h11H,4-8H2,1-3H3. The van der Waals surface area contributed by atoms with Crippen LogP contribution in [0.3, 0.4) is 0 Å². The minimum absolute atomic E-state index is 0.270. The predicted octanol–water partition coefficient (Wildman–Crippen LogP) is 1.40. The van der Waals surface area contributed by atoms with Crippen molar-refractivity contribution in [1.82, 2.24) is 0 Å². The van der Waals surface area contributed by atoms with Crippen LogP contribution < -0.4 is 0 Å². The molecular weight excluding hydrogens is 252 g/mol. The Morgan fingerprint density at radius 2 is 1.68 bits per heavy atom. The van der Waals surface area contributed by atoms with Crippen LogP contribution in [0, 0.1) is 5.92 Å². The van der Waals surface area contributed by atoms with Gasteiger partial charge in [0.25, 0.3) is 0 Å². The van der Waals surface area contributed by atoms with Crippen LogP contribution in [0.25, 0.3) is 0 Å². The van der Waals surface area contributed by atoms with E-state index in [9.17, 15) is 19.2 Å². The van der Waals surface area contributed by atoms with Gasteiger partial charge in [-0.25, -0.2) is 0 Å². The lowest BCUT2D eigenvalue weighted by molar-refractivity contribution is -0.170. The quantitative estimate of drug-likeness (QED) is 0.358. The number of ketones is 2. The highest BCUT2D eigenvalue weighted by molar-refractivity contribution is 5.97. The van der Waals surface area contributed by atoms with E-state index < -0.39 is 24.6 Å². The Hall–Kier alpha value is -1.72. The molecule has 0 spiro atoms. The third-order valence-electron chi connectivity index (χ3n) is 2.44. The first-order valence-electron chi connectivity index (χ1n) is 6.20. The van der Waals surface area contributed by atoms with E-state index in [0.29, 0.717) is 6.42 Å². The maximum Gasteiger partial charge on any atom is 0.319 e. The van der Waals surface area contributed by atoms with Crippen LogP contribution in [0.5, 0.6) is 0 Å². The number of carbonyl (C=O) groups excluding carboxylic acids is 4. The zero-order valence-corrected chi connectivity index (χ0v) is 11.6. The van der Waals surface area contributed by atoms with Crippen LogP contribution in [-0.2, 0) is 28.7 Å². The Balaban J connectivity index is 4.09. The first-order valence-corrected chi connectivity index (χ1v) is 6.20. The van der Waals surface area contributed by atoms with Crippen molar-refractivity contribution in [2.45, 2.75) is 46.5 Å². The number of ether oxygens (including phenoxy) is 2. The number of esters is 2. The van der Waals surface area contributed by atoms with Gasteiger partial charge in [-0.3, -0.25) is 19.2 Å². The van der Waals surface area contributed by atoms with Gasteiger partial charge in [-0.2, -0.15) is 0 Å². The van der Waals surface area contributed by atoms with Gasteiger partial charge in [-0.05, 0) is 20.3 Å². The van der Waals surface area contributed by atoms with Gasteiger partial charge in [0.2, 0.25) is 6.79 Å². The Labute approximate surface area is 112 Å². The minimum atomic E-state index is -0.813. The summed E-state index contributed by atoms with van der Waals surface area (Å²) < 4.78 is 9.24. The molecule has 0 aromatic carbocycles. The van der Waals surface area contributed by atoms with Crippen molar-refractivity contribution in [2.75, 3.05) is 6.79 Å². The van der Waals surface area contributed by atoms with Crippen LogP contribution in [0.2, 0.25) is 0 Å². The number of hydrogen-bond donors (Lipinski definition) is 0. The summed E-state index contributed by atoms with van der Waals surface area (Å²) in [7, 11) is 0. The highest BCUT2D eigenvalue weighted by Gasteiger charge is 2.24. The summed E-state index contributed by atoms with van der Waals surface area (Å²) in [5.74, 6) is -2.87. The average molecular weight is 272 g/mol. The SMILES string of the molecule is CCCCC(C(C)=O)C(=O)OCOC(=O)CC(C)=O. The van der Waals surface area contributed by atoms with E-state index in [2.05, 4.69) is 4.74 Å². The highest BCUT2D eigenvalue weighted by atomic mass is 16.7. The molecule has 0 N–H and O–H groups in total. The zero-order chi connectivity index (χ0) is 14.8. The summed E-state index contributed by atoms with van der Waals surface area (Å²) in [5, 5.41) is 0. The van der Waals surface area contributed by atoms with E-state index >= 15 is 0 Å². The summed E-state index contributed by atoms with van der Waals surface area (Å²) >= 11 is 0. The van der Waals surface area contributed by atoms with Crippen molar-refractivity contribution in [3.63, 3.8) is 0 Å². The zero-order valence-electron chi connectivity index (χ0n) is 11.6. The molecule has 1 unspecified atom stereocenters. The second kappa shape index (κ2) is 9.24. The lowest BCUT2D eigenvalue weighted by atomic mass is 9.99. The molecule has 0 aliphatic heterocycles. The van der Waals surface area contributed by atoms with E-state index in [1.54, 1.807) is 0 Å². The van der Waals surface area contributed by atoms with Gasteiger partial charge in [0.1, 0.15) is 23.9 Å². The van der Waals surface area contributed by atoms with E-state index in [-0.39, 0.29) is 18.0 Å². The first-order chi connectivity index (χ1) is 8.88. The molecule has 6 nitrogen and oxygen atoms in total. The van der Waals surface area contributed by atoms with E-state index in [4.69, 9.17) is 4.74 Å². The highest BCUT2D eigenvalue weighted by Crippen LogP contribution is 2.12. The van der Waals surface area contributed by atoms with Crippen LogP contribution in [-0.4, -0.2) is 30.3 Å². The van der Waals surface area contributed by atoms with Crippen LogP contribution in [0.1, 0.15) is 46.5 Å². The normalized spacial score (nSPS) is 11.5. The largest absolute Gasteiger partial charge is 0.428 e. The molecule has 19 heavy (non-hydrogen) atoms. The van der Waals surface area contributed by atoms with Gasteiger partial charge in [0.05, 0.1) is 0 Å². The molecule has 0 radical (unpaired) electrons. The molecule has 0 aliphatic rings. The molecule has 0 aromatic rings. The van der Waals surface area contributed by atoms with Gasteiger partial charge in [0.15, 0.2) is 0 Å². The van der Waals surface area contributed by atoms with Gasteiger partial charge < -0.3 is 9.47 Å². The summed E-state index contributed by atoms with van der Waals surface area (Å²) in [6.07, 6.45) is 1.67. The monoisotopic (exact) mass is 272 g/mol.